The van der Waals surface area contributed by atoms with Crippen molar-refractivity contribution in [1.29, 1.82) is 0 Å². The number of nitrogens with two attached hydrogens (primary N) is 1. The SMILES string of the molecule is CCn1c(-c2ccc(CN(C)C)cc2)c(CC(C)(C)CC)c2cc(-c3cc(O)cc(CC(C)CCC[C@@H](C)NN)c3)ccc21. The molecule has 1 aromatic heterocycles. The van der Waals surface area contributed by atoms with E-state index in [0.29, 0.717) is 17.7 Å². The maximum absolute atomic E-state index is 10.8. The first-order chi connectivity index (χ1) is 20.9. The van der Waals surface area contributed by atoms with Gasteiger partial charge in [0.1, 0.15) is 5.75 Å². The van der Waals surface area contributed by atoms with Gasteiger partial charge in [-0.3, -0.25) is 11.3 Å². The summed E-state index contributed by atoms with van der Waals surface area (Å²) in [5.74, 6) is 6.44. The van der Waals surface area contributed by atoms with Crippen LogP contribution in [0.2, 0.25) is 0 Å². The molecule has 0 spiro atoms. The molecule has 0 saturated carbocycles. The number of aromatic nitrogens is 1. The van der Waals surface area contributed by atoms with Gasteiger partial charge in [-0.25, -0.2) is 0 Å². The van der Waals surface area contributed by atoms with Crippen molar-refractivity contribution < 1.29 is 5.11 Å². The normalized spacial score (nSPS) is 13.6. The molecule has 3 aromatic carbocycles. The van der Waals surface area contributed by atoms with Gasteiger partial charge >= 0.3 is 0 Å². The number of nitrogens with one attached hydrogen (secondary N) is 1. The van der Waals surface area contributed by atoms with E-state index in [0.717, 1.165) is 62.7 Å². The highest BCUT2D eigenvalue weighted by Crippen LogP contribution is 2.41. The molecule has 0 fully saturated rings. The fraction of sp³-hybridized carbons (Fsp3) is 0.487. The zero-order chi connectivity index (χ0) is 32.0. The summed E-state index contributed by atoms with van der Waals surface area (Å²) in [6.07, 6.45) is 6.42. The Hall–Kier alpha value is -3.12. The molecule has 4 aromatic rings. The fourth-order valence-corrected chi connectivity index (χ4v) is 6.50. The van der Waals surface area contributed by atoms with Gasteiger partial charge in [0.25, 0.3) is 0 Å². The van der Waals surface area contributed by atoms with Gasteiger partial charge in [0, 0.05) is 30.0 Å². The van der Waals surface area contributed by atoms with E-state index in [1.807, 2.05) is 12.1 Å². The van der Waals surface area contributed by atoms with E-state index in [4.69, 9.17) is 5.84 Å². The third kappa shape index (κ3) is 8.32. The van der Waals surface area contributed by atoms with Crippen LogP contribution in [0.15, 0.2) is 60.7 Å². The zero-order valence-corrected chi connectivity index (χ0v) is 28.5. The highest BCUT2D eigenvalue weighted by molar-refractivity contribution is 5.95. The van der Waals surface area contributed by atoms with Crippen LogP contribution in [0.5, 0.6) is 5.75 Å². The molecule has 5 nitrogen and oxygen atoms in total. The average molecular weight is 597 g/mol. The number of aromatic hydroxyl groups is 1. The quantitative estimate of drug-likeness (QED) is 0.0947. The van der Waals surface area contributed by atoms with Crippen molar-refractivity contribution in [2.24, 2.45) is 17.2 Å². The smallest absolute Gasteiger partial charge is 0.116 e. The summed E-state index contributed by atoms with van der Waals surface area (Å²) in [5.41, 5.74) is 13.1. The van der Waals surface area contributed by atoms with Crippen molar-refractivity contribution in [2.75, 3.05) is 14.1 Å². The summed E-state index contributed by atoms with van der Waals surface area (Å²) < 4.78 is 2.50. The predicted octanol–water partition coefficient (Wildman–Crippen LogP) is 8.94. The van der Waals surface area contributed by atoms with E-state index >= 15 is 0 Å². The van der Waals surface area contributed by atoms with Gasteiger partial charge in [0.2, 0.25) is 0 Å². The second kappa shape index (κ2) is 14.8. The highest BCUT2D eigenvalue weighted by atomic mass is 16.3. The van der Waals surface area contributed by atoms with Gasteiger partial charge in [-0.1, -0.05) is 83.4 Å². The van der Waals surface area contributed by atoms with Crippen LogP contribution in [0.25, 0.3) is 33.3 Å². The molecule has 1 heterocycles. The summed E-state index contributed by atoms with van der Waals surface area (Å²) in [4.78, 5) is 2.21. The lowest BCUT2D eigenvalue weighted by Gasteiger charge is -2.24. The predicted molar refractivity (Wildman–Crippen MR) is 189 cm³/mol. The summed E-state index contributed by atoms with van der Waals surface area (Å²) in [7, 11) is 4.23. The summed E-state index contributed by atoms with van der Waals surface area (Å²) in [5, 5.41) is 12.1. The second-order valence-corrected chi connectivity index (χ2v) is 14.1. The maximum Gasteiger partial charge on any atom is 0.116 e. The lowest BCUT2D eigenvalue weighted by Crippen LogP contribution is -2.32. The third-order valence-electron chi connectivity index (χ3n) is 9.34. The van der Waals surface area contributed by atoms with Crippen LogP contribution in [-0.2, 0) is 25.9 Å². The Morgan fingerprint density at radius 2 is 1.59 bits per heavy atom. The van der Waals surface area contributed by atoms with Gasteiger partial charge in [0.15, 0.2) is 0 Å². The molecule has 4 N–H and O–H groups in total. The monoisotopic (exact) mass is 596 g/mol. The molecule has 0 saturated heterocycles. The highest BCUT2D eigenvalue weighted by Gasteiger charge is 2.25. The standard InChI is InChI=1S/C39H56N4O/c1-9-39(5,6)25-36-35-24-32(33-21-30(22-34(44)23-33)20-27(3)12-11-13-28(4)41-40)18-19-37(35)43(10-2)38(36)31-16-14-29(15-17-31)26-42(7)8/h14-19,21-24,27-28,41,44H,9-13,20,25-26,40H2,1-8H3/t27?,28-/m1/s1. The molecule has 0 bridgehead atoms. The Balaban J connectivity index is 1.76. The number of phenols is 1. The van der Waals surface area contributed by atoms with Crippen LogP contribution >= 0.6 is 0 Å². The van der Waals surface area contributed by atoms with Crippen LogP contribution < -0.4 is 11.3 Å². The molecule has 5 heteroatoms. The molecule has 4 rings (SSSR count). The molecule has 1 unspecified atom stereocenters. The molecule has 44 heavy (non-hydrogen) atoms. The Labute approximate surface area is 266 Å². The number of fused-ring (bicyclic) bond motifs is 1. The Morgan fingerprint density at radius 3 is 2.23 bits per heavy atom. The first-order valence-corrected chi connectivity index (χ1v) is 16.6. The molecule has 0 aliphatic rings. The topological polar surface area (TPSA) is 66.5 Å². The largest absolute Gasteiger partial charge is 0.508 e. The minimum Gasteiger partial charge on any atom is -0.508 e. The molecular formula is C39H56N4O. The number of hydrogen-bond acceptors (Lipinski definition) is 4. The van der Waals surface area contributed by atoms with Crippen molar-refractivity contribution in [3.63, 3.8) is 0 Å². The van der Waals surface area contributed by atoms with Crippen molar-refractivity contribution in [3.8, 4) is 28.1 Å². The first-order valence-electron chi connectivity index (χ1n) is 16.6. The molecule has 0 radical (unpaired) electrons. The zero-order valence-electron chi connectivity index (χ0n) is 28.5. The average Bonchev–Trinajstić information content (AvgIpc) is 3.28. The summed E-state index contributed by atoms with van der Waals surface area (Å²) >= 11 is 0. The van der Waals surface area contributed by atoms with Crippen LogP contribution in [0.1, 0.15) is 83.9 Å². The first kappa shape index (κ1) is 33.8. The number of hydrazine groups is 1. The number of nitrogens with zero attached hydrogens (tertiary/aromatic N) is 2. The van der Waals surface area contributed by atoms with Crippen LogP contribution in [0.3, 0.4) is 0 Å². The van der Waals surface area contributed by atoms with Gasteiger partial charge in [-0.2, -0.15) is 0 Å². The number of aryl methyl sites for hydroxylation is 1. The second-order valence-electron chi connectivity index (χ2n) is 14.1. The van der Waals surface area contributed by atoms with Crippen LogP contribution in [0.4, 0.5) is 0 Å². The van der Waals surface area contributed by atoms with E-state index in [1.165, 1.54) is 38.9 Å². The third-order valence-corrected chi connectivity index (χ3v) is 9.34. The van der Waals surface area contributed by atoms with Gasteiger partial charge in [-0.05, 0) is 116 Å². The molecule has 0 amide bonds. The lowest BCUT2D eigenvalue weighted by molar-refractivity contribution is 0.350. The van der Waals surface area contributed by atoms with E-state index in [1.54, 1.807) is 0 Å². The number of benzene rings is 3. The van der Waals surface area contributed by atoms with E-state index < -0.39 is 0 Å². The molecule has 0 aliphatic heterocycles. The number of hydrogen-bond donors (Lipinski definition) is 3. The van der Waals surface area contributed by atoms with Gasteiger partial charge in [-0.15, -0.1) is 0 Å². The number of rotatable bonds is 15. The van der Waals surface area contributed by atoms with E-state index in [9.17, 15) is 5.11 Å². The van der Waals surface area contributed by atoms with Gasteiger partial charge < -0.3 is 14.6 Å². The fourth-order valence-electron chi connectivity index (χ4n) is 6.50. The summed E-state index contributed by atoms with van der Waals surface area (Å²) in [6, 6.07) is 22.5. The van der Waals surface area contributed by atoms with E-state index in [2.05, 4.69) is 119 Å². The van der Waals surface area contributed by atoms with Crippen molar-refractivity contribution in [3.05, 3.63) is 77.4 Å². The Kier molecular flexibility index (Phi) is 11.3. The van der Waals surface area contributed by atoms with Gasteiger partial charge in [0.05, 0.1) is 5.69 Å². The molecule has 238 valence electrons. The minimum absolute atomic E-state index is 0.175. The van der Waals surface area contributed by atoms with Crippen LogP contribution in [-0.4, -0.2) is 34.7 Å². The molecule has 0 aliphatic carbocycles. The minimum atomic E-state index is 0.175. The van der Waals surface area contributed by atoms with Crippen LogP contribution in [0, 0.1) is 11.3 Å². The van der Waals surface area contributed by atoms with Crippen molar-refractivity contribution in [2.45, 2.75) is 99.2 Å². The lowest BCUT2D eigenvalue weighted by atomic mass is 9.81. The van der Waals surface area contributed by atoms with Crippen molar-refractivity contribution >= 4 is 10.9 Å². The molecule has 2 atom stereocenters. The number of phenolic OH excluding ortho intramolecular Hbond substituents is 1. The van der Waals surface area contributed by atoms with Crippen molar-refractivity contribution in [1.82, 2.24) is 14.9 Å². The van der Waals surface area contributed by atoms with E-state index in [-0.39, 0.29) is 5.41 Å². The molecular weight excluding hydrogens is 540 g/mol. The summed E-state index contributed by atoms with van der Waals surface area (Å²) in [6.45, 7) is 15.6. The Morgan fingerprint density at radius 1 is 0.886 bits per heavy atom. The Bertz CT molecular complexity index is 1520. The maximum atomic E-state index is 10.8.